The lowest BCUT2D eigenvalue weighted by Gasteiger charge is -2.08. The third-order valence-electron chi connectivity index (χ3n) is 2.94. The molecule has 0 saturated heterocycles. The molecule has 2 heterocycles. The summed E-state index contributed by atoms with van der Waals surface area (Å²) in [5, 5.41) is 2.73. The molecule has 0 aliphatic carbocycles. The van der Waals surface area contributed by atoms with Crippen molar-refractivity contribution in [2.45, 2.75) is 13.1 Å². The lowest BCUT2D eigenvalue weighted by atomic mass is 10.1. The average Bonchev–Trinajstić information content (AvgIpc) is 2.98. The van der Waals surface area contributed by atoms with Gasteiger partial charge in [0.25, 0.3) is 0 Å². The summed E-state index contributed by atoms with van der Waals surface area (Å²) in [6.45, 7) is 1.48. The molecule has 1 aliphatic heterocycles. The van der Waals surface area contributed by atoms with Crippen LogP contribution >= 0.6 is 0 Å². The van der Waals surface area contributed by atoms with Crippen LogP contribution in [0.5, 0.6) is 0 Å². The highest BCUT2D eigenvalue weighted by atomic mass is 16.1. The fourth-order valence-electron chi connectivity index (χ4n) is 1.99. The fourth-order valence-corrected chi connectivity index (χ4v) is 1.99. The number of aromatic nitrogens is 2. The number of amides is 1. The van der Waals surface area contributed by atoms with E-state index in [0.717, 1.165) is 11.3 Å². The minimum atomic E-state index is -0.201. The summed E-state index contributed by atoms with van der Waals surface area (Å²) >= 11 is 0. The Morgan fingerprint density at radius 2 is 2.05 bits per heavy atom. The molecule has 106 valence electrons. The number of anilines is 1. The van der Waals surface area contributed by atoms with E-state index in [2.05, 4.69) is 31.1 Å². The first-order valence-corrected chi connectivity index (χ1v) is 6.45. The van der Waals surface area contributed by atoms with Crippen molar-refractivity contribution >= 4 is 17.4 Å². The number of carbonyl (C=O) groups is 1. The molecular weight excluding hydrogens is 268 g/mol. The number of aliphatic imine (C=N–C) groups is 1. The summed E-state index contributed by atoms with van der Waals surface area (Å²) in [7, 11) is 0. The quantitative estimate of drug-likeness (QED) is 0.781. The molecule has 3 rings (SSSR count). The highest BCUT2D eigenvalue weighted by Gasteiger charge is 2.19. The standard InChI is InChI=1S/C14H14N6O/c1-9(21)17-11-4-2-10(3-5-11)13-18-14(20-19-13)12-8-15-6-7-16-12/h2-8,13,19H,1H3,(H,17,21)(H,18,20)/t13-/m1/s1. The summed E-state index contributed by atoms with van der Waals surface area (Å²) in [4.78, 5) is 23.7. The molecular formula is C14H14N6O. The third-order valence-corrected chi connectivity index (χ3v) is 2.94. The summed E-state index contributed by atoms with van der Waals surface area (Å²) in [5.41, 5.74) is 8.49. The van der Waals surface area contributed by atoms with E-state index in [0.29, 0.717) is 11.5 Å². The van der Waals surface area contributed by atoms with Gasteiger partial charge in [-0.3, -0.25) is 9.78 Å². The molecule has 1 atom stereocenters. The molecule has 0 fully saturated rings. The molecule has 0 saturated carbocycles. The van der Waals surface area contributed by atoms with Crippen LogP contribution in [0.4, 0.5) is 5.69 Å². The predicted octanol–water partition coefficient (Wildman–Crippen LogP) is 0.988. The molecule has 0 radical (unpaired) electrons. The minimum Gasteiger partial charge on any atom is -0.326 e. The Morgan fingerprint density at radius 3 is 2.71 bits per heavy atom. The van der Waals surface area contributed by atoms with Crippen molar-refractivity contribution in [1.29, 1.82) is 0 Å². The van der Waals surface area contributed by atoms with Gasteiger partial charge in [-0.1, -0.05) is 12.1 Å². The zero-order valence-electron chi connectivity index (χ0n) is 11.4. The minimum absolute atomic E-state index is 0.0913. The first-order valence-electron chi connectivity index (χ1n) is 6.45. The van der Waals surface area contributed by atoms with Crippen molar-refractivity contribution in [3.05, 3.63) is 54.1 Å². The van der Waals surface area contributed by atoms with Gasteiger partial charge in [-0.2, -0.15) is 0 Å². The molecule has 1 amide bonds. The van der Waals surface area contributed by atoms with Gasteiger partial charge in [0.1, 0.15) is 11.9 Å². The summed E-state index contributed by atoms with van der Waals surface area (Å²) in [6, 6.07) is 7.50. The van der Waals surface area contributed by atoms with Crippen molar-refractivity contribution in [3.8, 4) is 0 Å². The molecule has 1 aromatic heterocycles. The molecule has 2 aromatic rings. The zero-order valence-corrected chi connectivity index (χ0v) is 11.4. The van der Waals surface area contributed by atoms with Crippen LogP contribution in [0.15, 0.2) is 47.8 Å². The number of nitrogens with zero attached hydrogens (tertiary/aromatic N) is 3. The van der Waals surface area contributed by atoms with E-state index in [-0.39, 0.29) is 12.1 Å². The van der Waals surface area contributed by atoms with Gasteiger partial charge in [-0.15, -0.1) is 0 Å². The Kier molecular flexibility index (Phi) is 3.57. The van der Waals surface area contributed by atoms with E-state index >= 15 is 0 Å². The highest BCUT2D eigenvalue weighted by molar-refractivity contribution is 5.97. The topological polar surface area (TPSA) is 91.3 Å². The van der Waals surface area contributed by atoms with Gasteiger partial charge in [0.05, 0.1) is 6.20 Å². The maximum absolute atomic E-state index is 11.0. The predicted molar refractivity (Wildman–Crippen MR) is 78.3 cm³/mol. The largest absolute Gasteiger partial charge is 0.326 e. The van der Waals surface area contributed by atoms with Crippen LogP contribution in [-0.2, 0) is 4.79 Å². The third kappa shape index (κ3) is 3.03. The van der Waals surface area contributed by atoms with Crippen molar-refractivity contribution in [2.75, 3.05) is 5.32 Å². The first kappa shape index (κ1) is 13.2. The molecule has 0 spiro atoms. The number of hydrogen-bond donors (Lipinski definition) is 3. The molecule has 7 nitrogen and oxygen atoms in total. The second-order valence-corrected chi connectivity index (χ2v) is 4.54. The first-order chi connectivity index (χ1) is 10.2. The van der Waals surface area contributed by atoms with Crippen molar-refractivity contribution in [1.82, 2.24) is 20.8 Å². The summed E-state index contributed by atoms with van der Waals surface area (Å²) < 4.78 is 0. The Balaban J connectivity index is 1.76. The van der Waals surface area contributed by atoms with Gasteiger partial charge < -0.3 is 10.7 Å². The Bertz CT molecular complexity index is 668. The average molecular weight is 282 g/mol. The number of benzene rings is 1. The van der Waals surface area contributed by atoms with Gasteiger partial charge in [-0.05, 0) is 17.7 Å². The van der Waals surface area contributed by atoms with Gasteiger partial charge in [-0.25, -0.2) is 15.4 Å². The highest BCUT2D eigenvalue weighted by Crippen LogP contribution is 2.20. The second kappa shape index (κ2) is 5.68. The monoisotopic (exact) mass is 282 g/mol. The van der Waals surface area contributed by atoms with Crippen LogP contribution in [0.3, 0.4) is 0 Å². The van der Waals surface area contributed by atoms with E-state index < -0.39 is 0 Å². The Hall–Kier alpha value is -2.80. The maximum Gasteiger partial charge on any atom is 0.221 e. The van der Waals surface area contributed by atoms with E-state index in [4.69, 9.17) is 0 Å². The molecule has 7 heteroatoms. The van der Waals surface area contributed by atoms with Crippen LogP contribution in [0.1, 0.15) is 24.3 Å². The number of hydrazine groups is 1. The Morgan fingerprint density at radius 1 is 1.24 bits per heavy atom. The van der Waals surface area contributed by atoms with Gasteiger partial charge in [0.2, 0.25) is 5.91 Å². The van der Waals surface area contributed by atoms with Crippen LogP contribution in [-0.4, -0.2) is 21.7 Å². The molecule has 3 N–H and O–H groups in total. The number of carbonyl (C=O) groups excluding carboxylic acids is 1. The Labute approximate surface area is 121 Å². The fraction of sp³-hybridized carbons (Fsp3) is 0.143. The van der Waals surface area contributed by atoms with E-state index in [1.807, 2.05) is 24.3 Å². The number of hydrogen-bond acceptors (Lipinski definition) is 6. The van der Waals surface area contributed by atoms with Gasteiger partial charge >= 0.3 is 0 Å². The maximum atomic E-state index is 11.0. The smallest absolute Gasteiger partial charge is 0.221 e. The lowest BCUT2D eigenvalue weighted by molar-refractivity contribution is -0.114. The van der Waals surface area contributed by atoms with Gasteiger partial charge in [0, 0.05) is 25.0 Å². The molecule has 1 aliphatic rings. The number of nitrogens with one attached hydrogen (secondary N) is 3. The van der Waals surface area contributed by atoms with Crippen LogP contribution in [0, 0.1) is 0 Å². The SMILES string of the molecule is CC(=O)Nc1ccc([C@@H]2N=C(c3cnccn3)NN2)cc1. The number of amidine groups is 1. The van der Waals surface area contributed by atoms with E-state index in [9.17, 15) is 4.79 Å². The van der Waals surface area contributed by atoms with Crippen molar-refractivity contribution in [2.24, 2.45) is 4.99 Å². The molecule has 0 bridgehead atoms. The van der Waals surface area contributed by atoms with E-state index in [1.54, 1.807) is 18.6 Å². The number of rotatable bonds is 3. The summed E-state index contributed by atoms with van der Waals surface area (Å²) in [5.74, 6) is 0.561. The second-order valence-electron chi connectivity index (χ2n) is 4.54. The molecule has 0 unspecified atom stereocenters. The summed E-state index contributed by atoms with van der Waals surface area (Å²) in [6.07, 6.45) is 4.68. The van der Waals surface area contributed by atoms with E-state index in [1.165, 1.54) is 6.92 Å². The van der Waals surface area contributed by atoms with Crippen molar-refractivity contribution in [3.63, 3.8) is 0 Å². The van der Waals surface area contributed by atoms with Gasteiger partial charge in [0.15, 0.2) is 5.84 Å². The molecule has 21 heavy (non-hydrogen) atoms. The van der Waals surface area contributed by atoms with Crippen molar-refractivity contribution < 1.29 is 4.79 Å². The van der Waals surface area contributed by atoms with Crippen LogP contribution in [0.25, 0.3) is 0 Å². The van der Waals surface area contributed by atoms with Crippen LogP contribution in [0.2, 0.25) is 0 Å². The molecule has 1 aromatic carbocycles. The zero-order chi connectivity index (χ0) is 14.7. The lowest BCUT2D eigenvalue weighted by Crippen LogP contribution is -2.32. The van der Waals surface area contributed by atoms with Crippen LogP contribution < -0.4 is 16.2 Å². The normalized spacial score (nSPS) is 17.0.